The Bertz CT molecular complexity index is 1590. The molecule has 2 bridgehead atoms. The summed E-state index contributed by atoms with van der Waals surface area (Å²) in [6, 6.07) is 19.3. The summed E-state index contributed by atoms with van der Waals surface area (Å²) in [4.78, 5) is 34.3. The van der Waals surface area contributed by atoms with Crippen LogP contribution in [0.5, 0.6) is 0 Å². The van der Waals surface area contributed by atoms with E-state index in [0.717, 1.165) is 39.9 Å². The third-order valence-electron chi connectivity index (χ3n) is 7.05. The lowest BCUT2D eigenvalue weighted by Gasteiger charge is -2.35. The van der Waals surface area contributed by atoms with E-state index in [9.17, 15) is 9.59 Å². The monoisotopic (exact) mass is 540 g/mol. The number of fused-ring (bicyclic) bond motifs is 3. The molecule has 0 aliphatic carbocycles. The maximum absolute atomic E-state index is 13.5. The highest BCUT2D eigenvalue weighted by atomic mass is 79.9. The number of piperazine rings is 1. The van der Waals surface area contributed by atoms with E-state index < -0.39 is 0 Å². The SMILES string of the molecule is N#Cc1ccc(N2C[C@H]3C[C@@H]2CN3C(=O)c2cccc(Cc3n[nH]c(=O)c4ccc(Br)cc34)c2)nc1. The predicted octanol–water partition coefficient (Wildman–Crippen LogP) is 3.65. The first kappa shape index (κ1) is 22.4. The molecule has 1 amide bonds. The number of aromatic nitrogens is 3. The Labute approximate surface area is 215 Å². The number of H-pyrrole nitrogens is 1. The van der Waals surface area contributed by atoms with Gasteiger partial charge in [-0.2, -0.15) is 10.4 Å². The first-order valence-electron chi connectivity index (χ1n) is 11.7. The van der Waals surface area contributed by atoms with E-state index in [1.54, 1.807) is 18.3 Å². The molecule has 2 aliphatic rings. The summed E-state index contributed by atoms with van der Waals surface area (Å²) in [6.45, 7) is 1.38. The molecule has 36 heavy (non-hydrogen) atoms. The topological polar surface area (TPSA) is 106 Å². The van der Waals surface area contributed by atoms with Crippen molar-refractivity contribution in [3.8, 4) is 6.07 Å². The second-order valence-corrected chi connectivity index (χ2v) is 10.2. The minimum absolute atomic E-state index is 0.0267. The van der Waals surface area contributed by atoms with Gasteiger partial charge in [0.2, 0.25) is 0 Å². The van der Waals surface area contributed by atoms with Gasteiger partial charge in [0.15, 0.2) is 0 Å². The van der Waals surface area contributed by atoms with Crippen molar-refractivity contribution < 1.29 is 4.79 Å². The van der Waals surface area contributed by atoms with Crippen molar-refractivity contribution in [3.63, 3.8) is 0 Å². The van der Waals surface area contributed by atoms with Crippen molar-refractivity contribution in [1.82, 2.24) is 20.1 Å². The van der Waals surface area contributed by atoms with Gasteiger partial charge in [0.25, 0.3) is 11.5 Å². The van der Waals surface area contributed by atoms with Crippen LogP contribution in [0.1, 0.15) is 33.6 Å². The lowest BCUT2D eigenvalue weighted by Crippen LogP contribution is -2.49. The van der Waals surface area contributed by atoms with Crippen molar-refractivity contribution in [2.45, 2.75) is 24.9 Å². The Kier molecular flexibility index (Phi) is 5.53. The average molecular weight is 541 g/mol. The summed E-state index contributed by atoms with van der Waals surface area (Å²) < 4.78 is 0.877. The van der Waals surface area contributed by atoms with Crippen LogP contribution in [0, 0.1) is 11.3 Å². The van der Waals surface area contributed by atoms with Crippen LogP contribution in [0.25, 0.3) is 10.8 Å². The Morgan fingerprint density at radius 2 is 2.00 bits per heavy atom. The number of benzene rings is 2. The molecule has 0 radical (unpaired) electrons. The molecule has 4 aromatic rings. The molecule has 178 valence electrons. The van der Waals surface area contributed by atoms with E-state index in [0.29, 0.717) is 29.5 Å². The molecule has 2 aromatic carbocycles. The lowest BCUT2D eigenvalue weighted by molar-refractivity contribution is 0.0725. The number of nitrogens with zero attached hydrogens (tertiary/aromatic N) is 5. The predicted molar refractivity (Wildman–Crippen MR) is 139 cm³/mol. The van der Waals surface area contributed by atoms with E-state index >= 15 is 0 Å². The highest BCUT2D eigenvalue weighted by Gasteiger charge is 2.45. The van der Waals surface area contributed by atoms with Gasteiger partial charge in [-0.15, -0.1) is 0 Å². The zero-order chi connectivity index (χ0) is 24.8. The number of hydrogen-bond acceptors (Lipinski definition) is 6. The first-order valence-corrected chi connectivity index (χ1v) is 12.5. The number of rotatable bonds is 4. The summed E-state index contributed by atoms with van der Waals surface area (Å²) in [7, 11) is 0. The molecule has 0 spiro atoms. The van der Waals surface area contributed by atoms with Gasteiger partial charge in [-0.05, 0) is 54.4 Å². The van der Waals surface area contributed by atoms with Gasteiger partial charge in [-0.1, -0.05) is 28.1 Å². The number of aromatic amines is 1. The fourth-order valence-electron chi connectivity index (χ4n) is 5.32. The van der Waals surface area contributed by atoms with E-state index in [4.69, 9.17) is 5.26 Å². The van der Waals surface area contributed by atoms with E-state index in [2.05, 4.69) is 42.1 Å². The standard InChI is InChI=1S/C27H21BrN6O2/c28-19-5-6-22-23(10-19)24(31-32-26(22)35)9-16-2-1-3-18(8-16)27(36)34-15-20-11-21(34)14-33(20)25-7-4-17(12-29)13-30-25/h1-8,10,13,20-21H,9,11,14-15H2,(H,32,35)/t20-,21-/m1/s1. The fraction of sp³-hybridized carbons (Fsp3) is 0.222. The minimum Gasteiger partial charge on any atom is -0.350 e. The molecule has 2 fully saturated rings. The van der Waals surface area contributed by atoms with Crippen LogP contribution in [0.4, 0.5) is 5.82 Å². The average Bonchev–Trinajstić information content (AvgIpc) is 3.52. The number of carbonyl (C=O) groups is 1. The molecule has 4 heterocycles. The Balaban J connectivity index is 1.20. The number of anilines is 1. The Morgan fingerprint density at radius 3 is 2.75 bits per heavy atom. The Morgan fingerprint density at radius 1 is 1.11 bits per heavy atom. The van der Waals surface area contributed by atoms with Crippen LogP contribution in [0.2, 0.25) is 0 Å². The van der Waals surface area contributed by atoms with Crippen LogP contribution in [0.3, 0.4) is 0 Å². The van der Waals surface area contributed by atoms with Gasteiger partial charge >= 0.3 is 0 Å². The van der Waals surface area contributed by atoms with Crippen molar-refractivity contribution in [2.24, 2.45) is 0 Å². The summed E-state index contributed by atoms with van der Waals surface area (Å²) in [5, 5.41) is 17.3. The second-order valence-electron chi connectivity index (χ2n) is 9.24. The van der Waals surface area contributed by atoms with Gasteiger partial charge in [0.05, 0.1) is 28.7 Å². The van der Waals surface area contributed by atoms with Crippen LogP contribution < -0.4 is 10.5 Å². The van der Waals surface area contributed by atoms with E-state index in [-0.39, 0.29) is 23.6 Å². The largest absolute Gasteiger partial charge is 0.350 e. The van der Waals surface area contributed by atoms with Gasteiger partial charge in [-0.3, -0.25) is 9.59 Å². The summed E-state index contributed by atoms with van der Waals surface area (Å²) >= 11 is 3.48. The van der Waals surface area contributed by atoms with E-state index in [1.165, 1.54) is 0 Å². The van der Waals surface area contributed by atoms with Crippen molar-refractivity contribution in [2.75, 3.05) is 18.0 Å². The molecule has 2 aliphatic heterocycles. The fourth-order valence-corrected chi connectivity index (χ4v) is 5.68. The molecule has 0 saturated carbocycles. The van der Waals surface area contributed by atoms with Crippen molar-refractivity contribution in [1.29, 1.82) is 5.26 Å². The summed E-state index contributed by atoms with van der Waals surface area (Å²) in [6.07, 6.45) is 3.00. The molecule has 2 saturated heterocycles. The molecule has 2 aromatic heterocycles. The molecule has 6 rings (SSSR count). The number of carbonyl (C=O) groups excluding carboxylic acids is 1. The normalized spacial score (nSPS) is 18.6. The van der Waals surface area contributed by atoms with Crippen molar-refractivity contribution >= 4 is 38.4 Å². The molecule has 2 atom stereocenters. The highest BCUT2D eigenvalue weighted by Crippen LogP contribution is 2.34. The number of nitriles is 1. The van der Waals surface area contributed by atoms with Crippen molar-refractivity contribution in [3.05, 3.63) is 98.0 Å². The minimum atomic E-state index is -0.223. The third-order valence-corrected chi connectivity index (χ3v) is 7.54. The zero-order valence-corrected chi connectivity index (χ0v) is 20.8. The van der Waals surface area contributed by atoms with Crippen LogP contribution in [0.15, 0.2) is 70.1 Å². The number of halogens is 1. The zero-order valence-electron chi connectivity index (χ0n) is 19.2. The summed E-state index contributed by atoms with van der Waals surface area (Å²) in [5.41, 5.74) is 2.67. The van der Waals surface area contributed by atoms with Gasteiger partial charge in [-0.25, -0.2) is 10.1 Å². The number of amides is 1. The maximum atomic E-state index is 13.5. The number of nitrogens with one attached hydrogen (secondary N) is 1. The number of hydrogen-bond donors (Lipinski definition) is 1. The maximum Gasteiger partial charge on any atom is 0.272 e. The number of pyridine rings is 1. The third kappa shape index (κ3) is 3.93. The molecular weight excluding hydrogens is 520 g/mol. The van der Waals surface area contributed by atoms with E-state index in [1.807, 2.05) is 47.4 Å². The molecule has 1 N–H and O–H groups in total. The van der Waals surface area contributed by atoms with Crippen LogP contribution >= 0.6 is 15.9 Å². The second kappa shape index (κ2) is 8.88. The Hall–Kier alpha value is -4.03. The highest BCUT2D eigenvalue weighted by molar-refractivity contribution is 9.10. The smallest absolute Gasteiger partial charge is 0.272 e. The quantitative estimate of drug-likeness (QED) is 0.423. The molecule has 0 unspecified atom stereocenters. The van der Waals surface area contributed by atoms with Crippen LogP contribution in [-0.4, -0.2) is 51.2 Å². The van der Waals surface area contributed by atoms with Gasteiger partial charge in [0.1, 0.15) is 11.9 Å². The first-order chi connectivity index (χ1) is 17.5. The van der Waals surface area contributed by atoms with Crippen LogP contribution in [-0.2, 0) is 6.42 Å². The molecule has 8 nitrogen and oxygen atoms in total. The van der Waals surface area contributed by atoms with Gasteiger partial charge in [0, 0.05) is 41.1 Å². The lowest BCUT2D eigenvalue weighted by atomic mass is 10.0. The van der Waals surface area contributed by atoms with Gasteiger partial charge < -0.3 is 9.80 Å². The molecule has 9 heteroatoms. The number of likely N-dealkylation sites (tertiary alicyclic amines) is 1. The summed E-state index contributed by atoms with van der Waals surface area (Å²) in [5.74, 6) is 0.877. The molecular formula is C27H21BrN6O2.